The molecule has 0 N–H and O–H groups in total. The summed E-state index contributed by atoms with van der Waals surface area (Å²) < 4.78 is 35.8. The normalized spacial score (nSPS) is 46.1. The second-order valence-corrected chi connectivity index (χ2v) is 3.97. The van der Waals surface area contributed by atoms with Gasteiger partial charge >= 0.3 is 11.9 Å². The number of ether oxygens (including phenoxy) is 2. The minimum atomic E-state index is -1.83. The zero-order chi connectivity index (χ0) is 11.4. The Morgan fingerprint density at radius 2 is 1.40 bits per heavy atom. The van der Waals surface area contributed by atoms with E-state index in [9.17, 15) is 18.4 Å². The van der Waals surface area contributed by atoms with E-state index in [0.29, 0.717) is 0 Å². The highest BCUT2D eigenvalue weighted by Gasteiger charge is 2.92. The lowest BCUT2D eigenvalue weighted by molar-refractivity contribution is -0.321. The predicted molar refractivity (Wildman–Crippen MR) is 43.3 cm³/mol. The lowest BCUT2D eigenvalue weighted by Gasteiger charge is -2.70. The summed E-state index contributed by atoms with van der Waals surface area (Å²) in [6, 6.07) is 0. The van der Waals surface area contributed by atoms with Crippen molar-refractivity contribution in [2.45, 2.75) is 18.8 Å². The van der Waals surface area contributed by atoms with Gasteiger partial charge in [0.15, 0.2) is 0 Å². The summed E-state index contributed by atoms with van der Waals surface area (Å²) in [4.78, 5) is 22.3. The monoisotopic (exact) mass is 220 g/mol. The first-order chi connectivity index (χ1) is 6.98. The van der Waals surface area contributed by atoms with Crippen molar-refractivity contribution in [1.82, 2.24) is 0 Å². The van der Waals surface area contributed by atoms with Crippen LogP contribution in [0.25, 0.3) is 0 Å². The molecular formula is C9H10F2O4. The summed E-state index contributed by atoms with van der Waals surface area (Å²) >= 11 is 0. The maximum Gasteiger partial charge on any atom is 0.317 e. The highest BCUT2D eigenvalue weighted by atomic mass is 19.2. The van der Waals surface area contributed by atoms with Crippen LogP contribution < -0.4 is 0 Å². The standard InChI is InChI=1S/C9H10F2O4/c1-14-6(12)8-3-9(4(8)10,5(8)11)7(13)15-2/h4-5H,3H2,1-2H3. The third-order valence-corrected chi connectivity index (χ3v) is 3.52. The first kappa shape index (κ1) is 10.3. The van der Waals surface area contributed by atoms with E-state index in [1.54, 1.807) is 0 Å². The topological polar surface area (TPSA) is 52.6 Å². The van der Waals surface area contributed by atoms with Crippen molar-refractivity contribution in [3.05, 3.63) is 0 Å². The number of esters is 2. The fourth-order valence-electron chi connectivity index (χ4n) is 2.60. The van der Waals surface area contributed by atoms with Gasteiger partial charge in [0.05, 0.1) is 14.2 Å². The number of hydrogen-bond donors (Lipinski definition) is 0. The van der Waals surface area contributed by atoms with Crippen molar-refractivity contribution in [2.24, 2.45) is 10.8 Å². The minimum Gasteiger partial charge on any atom is -0.468 e. The van der Waals surface area contributed by atoms with E-state index >= 15 is 0 Å². The molecule has 4 nitrogen and oxygen atoms in total. The molecule has 3 rings (SSSR count). The largest absolute Gasteiger partial charge is 0.468 e. The van der Waals surface area contributed by atoms with Gasteiger partial charge in [0.25, 0.3) is 0 Å². The van der Waals surface area contributed by atoms with E-state index < -0.39 is 35.1 Å². The first-order valence-corrected chi connectivity index (χ1v) is 4.43. The van der Waals surface area contributed by atoms with E-state index in [1.165, 1.54) is 0 Å². The van der Waals surface area contributed by atoms with E-state index in [-0.39, 0.29) is 6.42 Å². The Bertz CT molecular complexity index is 301. The Morgan fingerprint density at radius 3 is 1.60 bits per heavy atom. The number of alkyl halides is 2. The van der Waals surface area contributed by atoms with Gasteiger partial charge in [0.2, 0.25) is 0 Å². The number of methoxy groups -OCH3 is 2. The highest BCUT2D eigenvalue weighted by molar-refractivity contribution is 5.95. The average molecular weight is 220 g/mol. The highest BCUT2D eigenvalue weighted by Crippen LogP contribution is 2.76. The van der Waals surface area contributed by atoms with Crippen molar-refractivity contribution in [1.29, 1.82) is 0 Å². The van der Waals surface area contributed by atoms with Gasteiger partial charge in [-0.05, 0) is 6.42 Å². The molecule has 0 saturated heterocycles. The summed E-state index contributed by atoms with van der Waals surface area (Å²) in [6.45, 7) is 0. The molecule has 6 heteroatoms. The molecule has 0 radical (unpaired) electrons. The number of carbonyl (C=O) groups excluding carboxylic acids is 2. The molecule has 0 aromatic carbocycles. The zero-order valence-electron chi connectivity index (χ0n) is 8.25. The zero-order valence-corrected chi connectivity index (χ0v) is 8.25. The molecule has 15 heavy (non-hydrogen) atoms. The van der Waals surface area contributed by atoms with Crippen molar-refractivity contribution < 1.29 is 27.8 Å². The summed E-state index contributed by atoms with van der Waals surface area (Å²) in [5.74, 6) is -1.87. The molecule has 0 aromatic rings. The van der Waals surface area contributed by atoms with Crippen LogP contribution >= 0.6 is 0 Å². The molecule has 3 aliphatic carbocycles. The lowest BCUT2D eigenvalue weighted by Crippen LogP contribution is -2.86. The van der Waals surface area contributed by atoms with Crippen LogP contribution in [0.5, 0.6) is 0 Å². The Balaban J connectivity index is 2.24. The predicted octanol–water partition coefficient (Wildman–Crippen LogP) is 0.399. The maximum absolute atomic E-state index is 13.6. The van der Waals surface area contributed by atoms with Crippen LogP contribution in [0.2, 0.25) is 0 Å². The van der Waals surface area contributed by atoms with Gasteiger partial charge in [0.1, 0.15) is 23.2 Å². The van der Waals surface area contributed by atoms with Crippen LogP contribution in [-0.4, -0.2) is 38.5 Å². The summed E-state index contributed by atoms with van der Waals surface area (Å²) in [5, 5.41) is 0. The van der Waals surface area contributed by atoms with Crippen molar-refractivity contribution in [3.63, 3.8) is 0 Å². The third kappa shape index (κ3) is 0.744. The Hall–Kier alpha value is -1.20. The molecule has 3 aliphatic rings. The van der Waals surface area contributed by atoms with Crippen molar-refractivity contribution in [3.8, 4) is 0 Å². The molecule has 0 atom stereocenters. The number of halogens is 2. The molecule has 0 amide bonds. The van der Waals surface area contributed by atoms with Gasteiger partial charge in [-0.3, -0.25) is 9.59 Å². The second-order valence-electron chi connectivity index (χ2n) is 3.97. The van der Waals surface area contributed by atoms with Gasteiger partial charge in [-0.25, -0.2) is 8.78 Å². The van der Waals surface area contributed by atoms with E-state index in [2.05, 4.69) is 9.47 Å². The molecule has 84 valence electrons. The number of carbonyl (C=O) groups is 2. The molecular weight excluding hydrogens is 210 g/mol. The Morgan fingerprint density at radius 1 is 1.07 bits per heavy atom. The quantitative estimate of drug-likeness (QED) is 0.632. The second kappa shape index (κ2) is 2.68. The minimum absolute atomic E-state index is 0.165. The third-order valence-electron chi connectivity index (χ3n) is 3.52. The molecule has 0 unspecified atom stereocenters. The molecule has 2 bridgehead atoms. The van der Waals surface area contributed by atoms with Crippen LogP contribution in [0.15, 0.2) is 0 Å². The first-order valence-electron chi connectivity index (χ1n) is 4.43. The van der Waals surface area contributed by atoms with Gasteiger partial charge < -0.3 is 9.47 Å². The van der Waals surface area contributed by atoms with Gasteiger partial charge in [-0.2, -0.15) is 0 Å². The van der Waals surface area contributed by atoms with Gasteiger partial charge in [-0.15, -0.1) is 0 Å². The summed E-state index contributed by atoms with van der Waals surface area (Å²) in [6.07, 6.45) is -3.83. The van der Waals surface area contributed by atoms with E-state index in [0.717, 1.165) is 14.2 Å². The van der Waals surface area contributed by atoms with Crippen LogP contribution in [-0.2, 0) is 19.1 Å². The molecule has 0 aromatic heterocycles. The SMILES string of the molecule is COC(=O)C12CC(C(=O)OC)(C1F)C2F. The molecule has 0 spiro atoms. The Kier molecular flexibility index (Phi) is 1.84. The van der Waals surface area contributed by atoms with Crippen LogP contribution in [0, 0.1) is 10.8 Å². The maximum atomic E-state index is 13.6. The average Bonchev–Trinajstić information content (AvgIpc) is 2.25. The lowest BCUT2D eigenvalue weighted by atomic mass is 9.32. The van der Waals surface area contributed by atoms with Crippen LogP contribution in [0.4, 0.5) is 8.78 Å². The van der Waals surface area contributed by atoms with Gasteiger partial charge in [0, 0.05) is 0 Å². The fraction of sp³-hybridized carbons (Fsp3) is 0.778. The number of rotatable bonds is 2. The van der Waals surface area contributed by atoms with Crippen molar-refractivity contribution >= 4 is 11.9 Å². The molecule has 3 fully saturated rings. The van der Waals surface area contributed by atoms with Gasteiger partial charge in [-0.1, -0.05) is 0 Å². The summed E-state index contributed by atoms with van der Waals surface area (Å²) in [7, 11) is 2.12. The molecule has 0 heterocycles. The summed E-state index contributed by atoms with van der Waals surface area (Å²) in [5.41, 5.74) is -3.52. The van der Waals surface area contributed by atoms with E-state index in [1.807, 2.05) is 0 Å². The number of hydrogen-bond acceptors (Lipinski definition) is 4. The van der Waals surface area contributed by atoms with Crippen LogP contribution in [0.3, 0.4) is 0 Å². The fourth-order valence-corrected chi connectivity index (χ4v) is 2.60. The van der Waals surface area contributed by atoms with Crippen molar-refractivity contribution in [2.75, 3.05) is 14.2 Å². The molecule has 3 saturated carbocycles. The Labute approximate surface area is 84.5 Å². The molecule has 0 aliphatic heterocycles. The van der Waals surface area contributed by atoms with E-state index in [4.69, 9.17) is 0 Å². The van der Waals surface area contributed by atoms with Crippen LogP contribution in [0.1, 0.15) is 6.42 Å². The smallest absolute Gasteiger partial charge is 0.317 e.